The van der Waals surface area contributed by atoms with Gasteiger partial charge in [-0.2, -0.15) is 0 Å². The van der Waals surface area contributed by atoms with Gasteiger partial charge in [-0.05, 0) is 7.05 Å². The van der Waals surface area contributed by atoms with Gasteiger partial charge in [-0.1, -0.05) is 19.6 Å². The fraction of sp³-hybridized carbons (Fsp3) is 1.00. The van der Waals surface area contributed by atoms with E-state index in [1.165, 1.54) is 0 Å². The van der Waals surface area contributed by atoms with Gasteiger partial charge in [0.15, 0.2) is 0 Å². The Kier molecular flexibility index (Phi) is 5.30. The van der Waals surface area contributed by atoms with Crippen molar-refractivity contribution in [2.24, 2.45) is 0 Å². The van der Waals surface area contributed by atoms with Crippen molar-refractivity contribution in [3.8, 4) is 0 Å². The average molecular weight is 229 g/mol. The molecule has 0 aliphatic rings. The molecule has 0 fully saturated rings. The summed E-state index contributed by atoms with van der Waals surface area (Å²) in [7, 11) is 0.337. The lowest BCUT2D eigenvalue weighted by Gasteiger charge is -2.36. The minimum Gasteiger partial charge on any atom is -0.348 e. The fourth-order valence-electron chi connectivity index (χ4n) is 0.755. The molecule has 0 heterocycles. The second-order valence-electron chi connectivity index (χ2n) is 3.27. The van der Waals surface area contributed by atoms with Crippen LogP contribution in [-0.2, 0) is 0 Å². The van der Waals surface area contributed by atoms with E-state index in [-0.39, 0.29) is 8.96 Å². The van der Waals surface area contributed by atoms with Crippen molar-refractivity contribution in [3.63, 3.8) is 0 Å². The number of rotatable bonds is 4. The molecule has 0 aliphatic carbocycles. The summed E-state index contributed by atoms with van der Waals surface area (Å²) in [6.07, 6.45) is 0. The summed E-state index contributed by atoms with van der Waals surface area (Å²) in [4.78, 5) is 0. The van der Waals surface area contributed by atoms with Crippen LogP contribution in [0.5, 0.6) is 0 Å². The highest BCUT2D eigenvalue weighted by atomic mass is 35.5. The Morgan fingerprint density at radius 2 is 1.64 bits per heavy atom. The molecule has 0 saturated carbocycles. The van der Waals surface area contributed by atoms with Crippen molar-refractivity contribution in [2.45, 2.75) is 19.6 Å². The van der Waals surface area contributed by atoms with Crippen LogP contribution in [0.4, 0.5) is 0 Å². The van der Waals surface area contributed by atoms with Crippen LogP contribution in [0, 0.1) is 0 Å². The normalized spacial score (nSPS) is 13.1. The van der Waals surface area contributed by atoms with Gasteiger partial charge in [-0.3, -0.25) is 0 Å². The maximum atomic E-state index is 5.90. The predicted octanol–water partition coefficient (Wildman–Crippen LogP) is 2.30. The molecule has 0 aliphatic heterocycles. The maximum absolute atomic E-state index is 5.90. The highest BCUT2D eigenvalue weighted by Crippen LogP contribution is 2.13. The first kappa shape index (κ1) is 12.0. The van der Waals surface area contributed by atoms with Crippen LogP contribution >= 0.6 is 23.2 Å². The average Bonchev–Trinajstić information content (AvgIpc) is 2.01. The van der Waals surface area contributed by atoms with Gasteiger partial charge in [0.25, 0.3) is 0 Å². The van der Waals surface area contributed by atoms with Crippen LogP contribution < -0.4 is 0 Å². The molecule has 0 atom stereocenters. The molecule has 1 nitrogen and oxygen atoms in total. The molecule has 0 unspecified atom stereocenters. The first-order chi connectivity index (χ1) is 4.98. The number of hydrogen-bond acceptors (Lipinski definition) is 1. The zero-order valence-corrected chi connectivity index (χ0v) is 11.1. The molecule has 0 rings (SSSR count). The Bertz CT molecular complexity index is 117. The second-order valence-corrected chi connectivity index (χ2v) is 12.1. The van der Waals surface area contributed by atoms with Crippen molar-refractivity contribution in [1.82, 2.24) is 4.23 Å². The highest BCUT2D eigenvalue weighted by molar-refractivity contribution is 6.91. The van der Waals surface area contributed by atoms with Crippen molar-refractivity contribution < 1.29 is 0 Å². The van der Waals surface area contributed by atoms with Crippen LogP contribution in [-0.4, -0.2) is 39.5 Å². The minimum atomic E-state index is -1.45. The standard InChI is InChI=1S/C6H16Cl2NSi2/c1-9(10(2)3)11(4,5-7)6-8/h5-6H2,1-4H3. The van der Waals surface area contributed by atoms with Crippen LogP contribution in [0.2, 0.25) is 19.6 Å². The summed E-state index contributed by atoms with van der Waals surface area (Å²) in [6, 6.07) is 0. The number of nitrogens with zero attached hydrogens (tertiary/aromatic N) is 1. The van der Waals surface area contributed by atoms with Gasteiger partial charge < -0.3 is 4.23 Å². The lowest BCUT2D eigenvalue weighted by molar-refractivity contribution is 0.779. The van der Waals surface area contributed by atoms with Gasteiger partial charge in [0, 0.05) is 11.0 Å². The quantitative estimate of drug-likeness (QED) is 0.528. The smallest absolute Gasteiger partial charge is 0.148 e. The highest BCUT2D eigenvalue weighted by Gasteiger charge is 2.32. The zero-order chi connectivity index (χ0) is 9.07. The molecular weight excluding hydrogens is 213 g/mol. The van der Waals surface area contributed by atoms with Gasteiger partial charge in [-0.25, -0.2) is 0 Å². The summed E-state index contributed by atoms with van der Waals surface area (Å²) >= 11 is 11.8. The van der Waals surface area contributed by atoms with E-state index in [9.17, 15) is 0 Å². The van der Waals surface area contributed by atoms with E-state index in [2.05, 4.69) is 30.9 Å². The molecule has 0 bridgehead atoms. The van der Waals surface area contributed by atoms with Gasteiger partial charge in [0.05, 0.1) is 0 Å². The maximum Gasteiger partial charge on any atom is 0.148 e. The van der Waals surface area contributed by atoms with E-state index >= 15 is 0 Å². The van der Waals surface area contributed by atoms with E-state index in [4.69, 9.17) is 23.2 Å². The predicted molar refractivity (Wildman–Crippen MR) is 58.3 cm³/mol. The third-order valence-electron chi connectivity index (χ3n) is 2.06. The molecular formula is C6H16Cl2NSi2. The summed E-state index contributed by atoms with van der Waals surface area (Å²) in [6.45, 7) is 6.79. The van der Waals surface area contributed by atoms with E-state index in [1.807, 2.05) is 0 Å². The molecule has 0 N–H and O–H groups in total. The van der Waals surface area contributed by atoms with Gasteiger partial charge >= 0.3 is 0 Å². The molecule has 1 radical (unpaired) electrons. The van der Waals surface area contributed by atoms with Crippen LogP contribution in [0.25, 0.3) is 0 Å². The van der Waals surface area contributed by atoms with Crippen LogP contribution in [0.3, 0.4) is 0 Å². The molecule has 67 valence electrons. The molecule has 0 spiro atoms. The van der Waals surface area contributed by atoms with E-state index in [0.29, 0.717) is 0 Å². The fourth-order valence-corrected chi connectivity index (χ4v) is 8.51. The Balaban J connectivity index is 4.24. The lowest BCUT2D eigenvalue weighted by atomic mass is 11.6. The summed E-state index contributed by atoms with van der Waals surface area (Å²) in [5.41, 5.74) is 1.48. The minimum absolute atomic E-state index is 0.367. The largest absolute Gasteiger partial charge is 0.348 e. The summed E-state index contributed by atoms with van der Waals surface area (Å²) in [5.74, 6) is 0. The van der Waals surface area contributed by atoms with Gasteiger partial charge in [0.2, 0.25) is 0 Å². The monoisotopic (exact) mass is 228 g/mol. The third-order valence-corrected chi connectivity index (χ3v) is 12.6. The van der Waals surface area contributed by atoms with Crippen LogP contribution in [0.1, 0.15) is 0 Å². The second kappa shape index (κ2) is 4.87. The Morgan fingerprint density at radius 1 is 1.27 bits per heavy atom. The lowest BCUT2D eigenvalue weighted by Crippen LogP contribution is -2.57. The zero-order valence-electron chi connectivity index (χ0n) is 7.62. The Labute approximate surface area is 82.4 Å². The van der Waals surface area contributed by atoms with Crippen molar-refractivity contribution in [3.05, 3.63) is 0 Å². The van der Waals surface area contributed by atoms with Gasteiger partial charge in [0.1, 0.15) is 17.2 Å². The van der Waals surface area contributed by atoms with Gasteiger partial charge in [-0.15, -0.1) is 23.2 Å². The Hall–Kier alpha value is 0.974. The van der Waals surface area contributed by atoms with Crippen molar-refractivity contribution >= 4 is 40.4 Å². The topological polar surface area (TPSA) is 3.24 Å². The number of hydrogen-bond donors (Lipinski definition) is 0. The number of halogens is 2. The Morgan fingerprint density at radius 3 is 1.73 bits per heavy atom. The SMILES string of the molecule is CN([Si](C)C)[Si](C)(CCl)CCl. The van der Waals surface area contributed by atoms with Crippen molar-refractivity contribution in [1.29, 1.82) is 0 Å². The molecule has 0 aromatic rings. The third kappa shape index (κ3) is 3.07. The molecule has 0 amide bonds. The van der Waals surface area contributed by atoms with E-state index in [0.717, 1.165) is 11.0 Å². The van der Waals surface area contributed by atoms with E-state index in [1.54, 1.807) is 0 Å². The molecule has 5 heteroatoms. The summed E-state index contributed by atoms with van der Waals surface area (Å²) < 4.78 is 2.44. The van der Waals surface area contributed by atoms with Crippen LogP contribution in [0.15, 0.2) is 0 Å². The molecule has 0 saturated heterocycles. The van der Waals surface area contributed by atoms with Crippen molar-refractivity contribution in [2.75, 3.05) is 18.1 Å². The molecule has 0 aromatic heterocycles. The number of alkyl halides is 2. The first-order valence-electron chi connectivity index (χ1n) is 3.64. The first-order valence-corrected chi connectivity index (χ1v) is 10.0. The molecule has 0 aromatic carbocycles. The summed E-state index contributed by atoms with van der Waals surface area (Å²) in [5, 5.41) is 0. The molecule has 11 heavy (non-hydrogen) atoms. The van der Waals surface area contributed by atoms with E-state index < -0.39 is 8.24 Å².